The summed E-state index contributed by atoms with van der Waals surface area (Å²) >= 11 is 0. The first-order chi connectivity index (χ1) is 12.0. The predicted molar refractivity (Wildman–Crippen MR) is 92.9 cm³/mol. The Hall–Kier alpha value is -3.66. The molecule has 0 aliphatic heterocycles. The van der Waals surface area contributed by atoms with Crippen LogP contribution < -0.4 is 10.1 Å². The lowest BCUT2D eigenvalue weighted by Crippen LogP contribution is -2.13. The molecule has 7 nitrogen and oxygen atoms in total. The molecule has 2 rings (SSSR count). The first-order valence-electron chi connectivity index (χ1n) is 7.44. The van der Waals surface area contributed by atoms with Gasteiger partial charge >= 0.3 is 0 Å². The number of nitrogens with one attached hydrogen (secondary N) is 1. The highest BCUT2D eigenvalue weighted by molar-refractivity contribution is 6.09. The van der Waals surface area contributed by atoms with Crippen molar-refractivity contribution < 1.29 is 14.5 Å². The zero-order valence-electron chi connectivity index (χ0n) is 13.4. The fourth-order valence-corrected chi connectivity index (χ4v) is 2.01. The number of non-ortho nitro benzene ring substituents is 1. The minimum Gasteiger partial charge on any atom is -0.494 e. The van der Waals surface area contributed by atoms with Crippen molar-refractivity contribution in [3.05, 3.63) is 69.8 Å². The SMILES string of the molecule is CCOc1ccc(/C=C(\C#N)C(=O)Nc2ccc([N+](=O)[O-])cc2)cc1. The normalized spacial score (nSPS) is 10.6. The van der Waals surface area contributed by atoms with Crippen LogP contribution in [0.1, 0.15) is 12.5 Å². The van der Waals surface area contributed by atoms with Crippen molar-refractivity contribution in [1.82, 2.24) is 0 Å². The summed E-state index contributed by atoms with van der Waals surface area (Å²) in [6.45, 7) is 2.43. The van der Waals surface area contributed by atoms with E-state index in [2.05, 4.69) is 5.32 Å². The van der Waals surface area contributed by atoms with Gasteiger partial charge in [0.1, 0.15) is 17.4 Å². The molecule has 0 aromatic heterocycles. The maximum absolute atomic E-state index is 12.2. The largest absolute Gasteiger partial charge is 0.494 e. The van der Waals surface area contributed by atoms with E-state index in [9.17, 15) is 20.2 Å². The Balaban J connectivity index is 2.12. The summed E-state index contributed by atoms with van der Waals surface area (Å²) in [5.41, 5.74) is 0.883. The van der Waals surface area contributed by atoms with Crippen LogP contribution in [-0.2, 0) is 4.79 Å². The van der Waals surface area contributed by atoms with E-state index in [1.807, 2.05) is 13.0 Å². The molecular formula is C18H15N3O4. The zero-order valence-corrected chi connectivity index (χ0v) is 13.4. The first-order valence-corrected chi connectivity index (χ1v) is 7.44. The van der Waals surface area contributed by atoms with E-state index in [0.29, 0.717) is 23.6 Å². The Morgan fingerprint density at radius 3 is 2.40 bits per heavy atom. The molecular weight excluding hydrogens is 322 g/mol. The highest BCUT2D eigenvalue weighted by Crippen LogP contribution is 2.17. The number of amides is 1. The number of hydrogen-bond acceptors (Lipinski definition) is 5. The number of ether oxygens (including phenoxy) is 1. The van der Waals surface area contributed by atoms with Gasteiger partial charge in [-0.2, -0.15) is 5.26 Å². The van der Waals surface area contributed by atoms with Gasteiger partial charge in [0.25, 0.3) is 11.6 Å². The van der Waals surface area contributed by atoms with Crippen molar-refractivity contribution in [2.75, 3.05) is 11.9 Å². The minimum absolute atomic E-state index is 0.0802. The molecule has 1 N–H and O–H groups in total. The van der Waals surface area contributed by atoms with Crippen molar-refractivity contribution in [1.29, 1.82) is 5.26 Å². The first kappa shape index (κ1) is 17.7. The predicted octanol–water partition coefficient (Wildman–Crippen LogP) is 3.54. The Morgan fingerprint density at radius 1 is 1.24 bits per heavy atom. The summed E-state index contributed by atoms with van der Waals surface area (Å²) in [6, 6.07) is 14.2. The van der Waals surface area contributed by atoms with Crippen LogP contribution in [0.4, 0.5) is 11.4 Å². The fraction of sp³-hybridized carbons (Fsp3) is 0.111. The minimum atomic E-state index is -0.592. The van der Waals surface area contributed by atoms with Gasteiger partial charge < -0.3 is 10.1 Å². The van der Waals surface area contributed by atoms with Gasteiger partial charge in [0, 0.05) is 17.8 Å². The number of rotatable bonds is 6. The number of nitrogens with zero attached hydrogens (tertiary/aromatic N) is 2. The van der Waals surface area contributed by atoms with Gasteiger partial charge in [-0.25, -0.2) is 0 Å². The summed E-state index contributed by atoms with van der Waals surface area (Å²) in [5.74, 6) is 0.110. The molecule has 2 aromatic rings. The van der Waals surface area contributed by atoms with E-state index in [-0.39, 0.29) is 11.3 Å². The molecule has 0 bridgehead atoms. The zero-order chi connectivity index (χ0) is 18.2. The second-order valence-corrected chi connectivity index (χ2v) is 4.93. The molecule has 0 saturated carbocycles. The van der Waals surface area contributed by atoms with Crippen molar-refractivity contribution in [3.8, 4) is 11.8 Å². The van der Waals surface area contributed by atoms with Crippen LogP contribution >= 0.6 is 0 Å². The number of nitro benzene ring substituents is 1. The van der Waals surface area contributed by atoms with Crippen LogP contribution in [0.2, 0.25) is 0 Å². The summed E-state index contributed by atoms with van der Waals surface area (Å²) < 4.78 is 5.33. The van der Waals surface area contributed by atoms with Crippen LogP contribution in [0.15, 0.2) is 54.1 Å². The van der Waals surface area contributed by atoms with Gasteiger partial charge in [0.15, 0.2) is 0 Å². The molecule has 25 heavy (non-hydrogen) atoms. The summed E-state index contributed by atoms with van der Waals surface area (Å²) in [4.78, 5) is 22.3. The molecule has 0 fully saturated rings. The lowest BCUT2D eigenvalue weighted by molar-refractivity contribution is -0.384. The summed E-state index contributed by atoms with van der Waals surface area (Å²) in [5, 5.41) is 22.3. The lowest BCUT2D eigenvalue weighted by atomic mass is 10.1. The van der Waals surface area contributed by atoms with Gasteiger partial charge in [-0.3, -0.25) is 14.9 Å². The maximum atomic E-state index is 12.2. The molecule has 0 atom stereocenters. The van der Waals surface area contributed by atoms with Gasteiger partial charge in [-0.15, -0.1) is 0 Å². The molecule has 0 spiro atoms. The number of nitro groups is 1. The summed E-state index contributed by atoms with van der Waals surface area (Å²) in [6.07, 6.45) is 1.45. The van der Waals surface area contributed by atoms with Crippen LogP contribution in [0, 0.1) is 21.4 Å². The molecule has 0 saturated heterocycles. The van der Waals surface area contributed by atoms with E-state index in [1.54, 1.807) is 24.3 Å². The Kier molecular flexibility index (Phi) is 5.85. The average Bonchev–Trinajstić information content (AvgIpc) is 2.61. The highest BCUT2D eigenvalue weighted by atomic mass is 16.6. The monoisotopic (exact) mass is 337 g/mol. The smallest absolute Gasteiger partial charge is 0.269 e. The molecule has 0 radical (unpaired) electrons. The molecule has 0 unspecified atom stereocenters. The number of nitriles is 1. The second-order valence-electron chi connectivity index (χ2n) is 4.93. The van der Waals surface area contributed by atoms with Crippen LogP contribution in [0.25, 0.3) is 6.08 Å². The highest BCUT2D eigenvalue weighted by Gasteiger charge is 2.11. The molecule has 0 heterocycles. The summed E-state index contributed by atoms with van der Waals surface area (Å²) in [7, 11) is 0. The number of anilines is 1. The number of carbonyl (C=O) groups excluding carboxylic acids is 1. The van der Waals surface area contributed by atoms with Gasteiger partial charge in [-0.05, 0) is 42.8 Å². The van der Waals surface area contributed by atoms with E-state index < -0.39 is 10.8 Å². The number of hydrogen-bond donors (Lipinski definition) is 1. The van der Waals surface area contributed by atoms with E-state index >= 15 is 0 Å². The Bertz CT molecular complexity index is 834. The standard InChI is InChI=1S/C18H15N3O4/c1-2-25-17-9-3-13(4-10-17)11-14(12-19)18(22)20-15-5-7-16(8-6-15)21(23)24/h3-11H,2H2,1H3,(H,20,22)/b14-11+. The van der Waals surface area contributed by atoms with E-state index in [1.165, 1.54) is 30.3 Å². The third-order valence-electron chi connectivity index (χ3n) is 3.20. The quantitative estimate of drug-likeness (QED) is 0.375. The Labute approximate surface area is 144 Å². The van der Waals surface area contributed by atoms with E-state index in [0.717, 1.165) is 0 Å². The topological polar surface area (TPSA) is 105 Å². The van der Waals surface area contributed by atoms with Crippen LogP contribution in [-0.4, -0.2) is 17.4 Å². The van der Waals surface area contributed by atoms with Gasteiger partial charge in [0.05, 0.1) is 11.5 Å². The lowest BCUT2D eigenvalue weighted by Gasteiger charge is -2.05. The maximum Gasteiger partial charge on any atom is 0.269 e. The second kappa shape index (κ2) is 8.26. The molecule has 0 aliphatic carbocycles. The van der Waals surface area contributed by atoms with Gasteiger partial charge in [0.2, 0.25) is 0 Å². The van der Waals surface area contributed by atoms with Crippen molar-refractivity contribution in [2.45, 2.75) is 6.92 Å². The fourth-order valence-electron chi connectivity index (χ4n) is 2.01. The van der Waals surface area contributed by atoms with Crippen molar-refractivity contribution in [2.24, 2.45) is 0 Å². The Morgan fingerprint density at radius 2 is 1.88 bits per heavy atom. The van der Waals surface area contributed by atoms with Crippen molar-refractivity contribution in [3.63, 3.8) is 0 Å². The van der Waals surface area contributed by atoms with E-state index in [4.69, 9.17) is 4.74 Å². The third-order valence-corrected chi connectivity index (χ3v) is 3.20. The third kappa shape index (κ3) is 4.91. The van der Waals surface area contributed by atoms with Gasteiger partial charge in [-0.1, -0.05) is 12.1 Å². The van der Waals surface area contributed by atoms with Crippen LogP contribution in [0.3, 0.4) is 0 Å². The molecule has 2 aromatic carbocycles. The molecule has 1 amide bonds. The molecule has 126 valence electrons. The molecule has 0 aliphatic rings. The number of carbonyl (C=O) groups is 1. The molecule has 7 heteroatoms. The van der Waals surface area contributed by atoms with Crippen LogP contribution in [0.5, 0.6) is 5.75 Å². The average molecular weight is 337 g/mol. The number of benzene rings is 2. The van der Waals surface area contributed by atoms with Crippen molar-refractivity contribution >= 4 is 23.4 Å².